The summed E-state index contributed by atoms with van der Waals surface area (Å²) < 4.78 is 24.3. The molecule has 2 aromatic carbocycles. The number of carbonyl (C=O) groups excluding carboxylic acids is 1. The van der Waals surface area contributed by atoms with Crippen LogP contribution < -0.4 is 10.3 Å². The maximum atomic E-state index is 12.2. The predicted molar refractivity (Wildman–Crippen MR) is 96.8 cm³/mol. The molecular weight excluding hydrogens is 382 g/mol. The number of halogens is 1. The molecule has 8 nitrogen and oxygen atoms in total. The topological polar surface area (TPSA) is 118 Å². The van der Waals surface area contributed by atoms with Gasteiger partial charge in [-0.15, -0.1) is 4.83 Å². The maximum Gasteiger partial charge on any atom is 0.273 e. The fourth-order valence-electron chi connectivity index (χ4n) is 1.95. The first-order chi connectivity index (χ1) is 12.2. The van der Waals surface area contributed by atoms with Gasteiger partial charge in [0.25, 0.3) is 21.6 Å². The third kappa shape index (κ3) is 4.88. The van der Waals surface area contributed by atoms with Crippen molar-refractivity contribution in [1.29, 1.82) is 0 Å². The van der Waals surface area contributed by atoms with E-state index in [1.807, 2.05) is 10.3 Å². The number of nitro groups is 1. The van der Waals surface area contributed by atoms with Gasteiger partial charge in [0.15, 0.2) is 0 Å². The molecule has 0 heterocycles. The minimum absolute atomic E-state index is 0.320. The highest BCUT2D eigenvalue weighted by molar-refractivity contribution is 7.89. The first-order valence-corrected chi connectivity index (χ1v) is 9.06. The Bertz CT molecular complexity index is 989. The van der Waals surface area contributed by atoms with Gasteiger partial charge < -0.3 is 0 Å². The summed E-state index contributed by atoms with van der Waals surface area (Å²) in [6.07, 6.45) is 2.52. The number of hydrogen-bond donors (Lipinski definition) is 2. The van der Waals surface area contributed by atoms with Crippen LogP contribution in [0.15, 0.2) is 53.4 Å². The van der Waals surface area contributed by atoms with Crippen LogP contribution in [0.4, 0.5) is 5.69 Å². The van der Waals surface area contributed by atoms with Gasteiger partial charge in [-0.3, -0.25) is 20.3 Å². The Morgan fingerprint density at radius 3 is 2.58 bits per heavy atom. The Labute approximate surface area is 154 Å². The van der Waals surface area contributed by atoms with Gasteiger partial charge in [-0.05, 0) is 30.7 Å². The molecule has 2 rings (SSSR count). The molecule has 0 aliphatic carbocycles. The summed E-state index contributed by atoms with van der Waals surface area (Å²) in [5.41, 5.74) is 2.57. The average molecular weight is 396 g/mol. The molecule has 0 spiro atoms. The van der Waals surface area contributed by atoms with Crippen LogP contribution in [-0.4, -0.2) is 19.2 Å². The summed E-state index contributed by atoms with van der Waals surface area (Å²) >= 11 is 5.94. The lowest BCUT2D eigenvalue weighted by atomic mass is 10.2. The van der Waals surface area contributed by atoms with E-state index in [2.05, 4.69) is 0 Å². The van der Waals surface area contributed by atoms with Crippen LogP contribution in [0.25, 0.3) is 6.08 Å². The van der Waals surface area contributed by atoms with Crippen LogP contribution in [0.1, 0.15) is 11.1 Å². The molecule has 2 N–H and O–H groups in total. The van der Waals surface area contributed by atoms with Crippen molar-refractivity contribution in [1.82, 2.24) is 10.3 Å². The highest BCUT2D eigenvalue weighted by atomic mass is 35.5. The largest absolute Gasteiger partial charge is 0.274 e. The van der Waals surface area contributed by atoms with E-state index < -0.39 is 20.9 Å². The Morgan fingerprint density at radius 2 is 1.92 bits per heavy atom. The van der Waals surface area contributed by atoms with Crippen molar-refractivity contribution < 1.29 is 18.1 Å². The summed E-state index contributed by atoms with van der Waals surface area (Å²) in [5, 5.41) is 11.3. The zero-order chi connectivity index (χ0) is 19.3. The number of carbonyl (C=O) groups is 1. The molecular formula is C16H14ClN3O5S. The number of rotatable bonds is 6. The number of nitrogens with zero attached hydrogens (tertiary/aromatic N) is 1. The van der Waals surface area contributed by atoms with E-state index in [1.165, 1.54) is 25.1 Å². The minimum atomic E-state index is -4.17. The summed E-state index contributed by atoms with van der Waals surface area (Å²) in [6.45, 7) is 1.49. The smallest absolute Gasteiger partial charge is 0.273 e. The van der Waals surface area contributed by atoms with Crippen LogP contribution >= 0.6 is 11.6 Å². The van der Waals surface area contributed by atoms with Crippen molar-refractivity contribution in [3.63, 3.8) is 0 Å². The first kappa shape index (κ1) is 19.6. The van der Waals surface area contributed by atoms with Crippen molar-refractivity contribution in [2.75, 3.05) is 0 Å². The van der Waals surface area contributed by atoms with Gasteiger partial charge in [0.2, 0.25) is 0 Å². The third-order valence-electron chi connectivity index (χ3n) is 3.32. The molecule has 1 amide bonds. The standard InChI is InChI=1S/C16H14ClN3O5S/c1-11-6-8-13(10-15(11)20(22)23)26(24,25)19-18-16(21)9-7-12-4-2-3-5-14(12)17/h2-10,19H,1H3,(H,18,21)/b9-7+. The first-order valence-electron chi connectivity index (χ1n) is 7.20. The molecule has 0 unspecified atom stereocenters. The number of benzene rings is 2. The minimum Gasteiger partial charge on any atom is -0.274 e. The second-order valence-electron chi connectivity index (χ2n) is 5.15. The molecule has 0 atom stereocenters. The van der Waals surface area contributed by atoms with Crippen molar-refractivity contribution in [2.24, 2.45) is 0 Å². The van der Waals surface area contributed by atoms with Gasteiger partial charge in [0.1, 0.15) is 0 Å². The van der Waals surface area contributed by atoms with Gasteiger partial charge in [0.05, 0.1) is 9.82 Å². The fraction of sp³-hybridized carbons (Fsp3) is 0.0625. The lowest BCUT2D eigenvalue weighted by Crippen LogP contribution is -2.40. The van der Waals surface area contributed by atoms with E-state index in [0.717, 1.165) is 12.1 Å². The molecule has 0 aliphatic heterocycles. The number of amides is 1. The third-order valence-corrected chi connectivity index (χ3v) is 4.91. The van der Waals surface area contributed by atoms with E-state index in [1.54, 1.807) is 24.3 Å². The molecule has 10 heteroatoms. The van der Waals surface area contributed by atoms with Crippen LogP contribution in [0, 0.1) is 17.0 Å². The number of hydrogen-bond acceptors (Lipinski definition) is 5. The van der Waals surface area contributed by atoms with E-state index in [0.29, 0.717) is 16.1 Å². The SMILES string of the molecule is Cc1ccc(S(=O)(=O)NNC(=O)/C=C/c2ccccc2Cl)cc1[N+](=O)[O-]. The number of sulfonamides is 1. The molecule has 0 bridgehead atoms. The Balaban J connectivity index is 2.08. The second kappa shape index (κ2) is 8.09. The van der Waals surface area contributed by atoms with Crippen LogP contribution in [0.3, 0.4) is 0 Å². The van der Waals surface area contributed by atoms with Crippen molar-refractivity contribution in [3.05, 3.63) is 74.8 Å². The van der Waals surface area contributed by atoms with Gasteiger partial charge in [-0.1, -0.05) is 35.9 Å². The molecule has 0 saturated heterocycles. The van der Waals surface area contributed by atoms with Crippen molar-refractivity contribution in [2.45, 2.75) is 11.8 Å². The molecule has 0 radical (unpaired) electrons. The van der Waals surface area contributed by atoms with Crippen LogP contribution in [0.2, 0.25) is 5.02 Å². The van der Waals surface area contributed by atoms with Crippen LogP contribution in [-0.2, 0) is 14.8 Å². The quantitative estimate of drug-likeness (QED) is 0.442. The molecule has 2 aromatic rings. The van der Waals surface area contributed by atoms with E-state index in [-0.39, 0.29) is 10.6 Å². The molecule has 26 heavy (non-hydrogen) atoms. The maximum absolute atomic E-state index is 12.2. The van der Waals surface area contributed by atoms with Crippen molar-refractivity contribution >= 4 is 39.3 Å². The molecule has 136 valence electrons. The lowest BCUT2D eigenvalue weighted by molar-refractivity contribution is -0.385. The number of aryl methyl sites for hydroxylation is 1. The predicted octanol–water partition coefficient (Wildman–Crippen LogP) is 2.58. The fourth-order valence-corrected chi connectivity index (χ4v) is 3.01. The van der Waals surface area contributed by atoms with Gasteiger partial charge >= 0.3 is 0 Å². The summed E-state index contributed by atoms with van der Waals surface area (Å²) in [4.78, 5) is 23.5. The molecule has 0 fully saturated rings. The summed E-state index contributed by atoms with van der Waals surface area (Å²) in [5.74, 6) is -0.741. The van der Waals surface area contributed by atoms with Gasteiger partial charge in [-0.25, -0.2) is 8.42 Å². The monoisotopic (exact) mass is 395 g/mol. The number of hydrazine groups is 1. The highest BCUT2D eigenvalue weighted by Gasteiger charge is 2.20. The van der Waals surface area contributed by atoms with E-state index in [4.69, 9.17) is 11.6 Å². The van der Waals surface area contributed by atoms with Gasteiger partial charge in [0, 0.05) is 22.7 Å². The summed E-state index contributed by atoms with van der Waals surface area (Å²) in [6, 6.07) is 10.2. The Hall–Kier alpha value is -2.75. The molecule has 0 saturated carbocycles. The van der Waals surface area contributed by atoms with Crippen LogP contribution in [0.5, 0.6) is 0 Å². The van der Waals surface area contributed by atoms with Gasteiger partial charge in [-0.2, -0.15) is 0 Å². The van der Waals surface area contributed by atoms with E-state index in [9.17, 15) is 23.3 Å². The highest BCUT2D eigenvalue weighted by Crippen LogP contribution is 2.21. The normalized spacial score (nSPS) is 11.5. The average Bonchev–Trinajstić information content (AvgIpc) is 2.59. The second-order valence-corrected chi connectivity index (χ2v) is 7.24. The Morgan fingerprint density at radius 1 is 1.23 bits per heavy atom. The Kier molecular flexibility index (Phi) is 6.09. The number of nitro benzene ring substituents is 1. The number of nitrogens with one attached hydrogen (secondary N) is 2. The van der Waals surface area contributed by atoms with Crippen molar-refractivity contribution in [3.8, 4) is 0 Å². The zero-order valence-electron chi connectivity index (χ0n) is 13.5. The summed E-state index contributed by atoms with van der Waals surface area (Å²) in [7, 11) is -4.17. The molecule has 0 aliphatic rings. The van der Waals surface area contributed by atoms with E-state index >= 15 is 0 Å². The zero-order valence-corrected chi connectivity index (χ0v) is 15.0. The lowest BCUT2D eigenvalue weighted by Gasteiger charge is -2.07. The molecule has 0 aromatic heterocycles.